The van der Waals surface area contributed by atoms with Crippen molar-refractivity contribution < 1.29 is 4.74 Å². The smallest absolute Gasteiger partial charge is 0.0640 e. The zero-order valence-corrected chi connectivity index (χ0v) is 7.72. The maximum atomic E-state index is 5.82. The minimum absolute atomic E-state index is 0.522. The molecule has 2 rings (SSSR count). The SMILES string of the molecule is C=C1CCCO[C@H]2CCCC[C@H]12. The summed E-state index contributed by atoms with van der Waals surface area (Å²) >= 11 is 0. The van der Waals surface area contributed by atoms with Gasteiger partial charge in [0.2, 0.25) is 0 Å². The lowest BCUT2D eigenvalue weighted by molar-refractivity contribution is 0.0106. The molecule has 2 atom stereocenters. The van der Waals surface area contributed by atoms with E-state index >= 15 is 0 Å². The van der Waals surface area contributed by atoms with Crippen LogP contribution in [0.25, 0.3) is 0 Å². The largest absolute Gasteiger partial charge is 0.378 e. The average molecular weight is 166 g/mol. The van der Waals surface area contributed by atoms with Crippen molar-refractivity contribution in [2.24, 2.45) is 5.92 Å². The highest BCUT2D eigenvalue weighted by atomic mass is 16.5. The molecule has 1 saturated carbocycles. The lowest BCUT2D eigenvalue weighted by Gasteiger charge is -2.30. The fourth-order valence-electron chi connectivity index (χ4n) is 2.48. The molecule has 2 fully saturated rings. The summed E-state index contributed by atoms with van der Waals surface area (Å²) in [6.07, 6.45) is 8.23. The molecule has 0 bridgehead atoms. The number of ether oxygens (including phenoxy) is 1. The molecule has 0 aromatic rings. The van der Waals surface area contributed by atoms with Crippen molar-refractivity contribution in [3.8, 4) is 0 Å². The molecule has 0 aromatic heterocycles. The van der Waals surface area contributed by atoms with Crippen LogP contribution >= 0.6 is 0 Å². The Bertz CT molecular complexity index is 174. The predicted molar refractivity (Wildman–Crippen MR) is 50.1 cm³/mol. The third kappa shape index (κ3) is 1.56. The van der Waals surface area contributed by atoms with E-state index in [1.807, 2.05) is 0 Å². The number of fused-ring (bicyclic) bond motifs is 1. The Morgan fingerprint density at radius 3 is 2.92 bits per heavy atom. The van der Waals surface area contributed by atoms with Crippen molar-refractivity contribution >= 4 is 0 Å². The molecule has 68 valence electrons. The Balaban J connectivity index is 2.06. The molecule has 0 aromatic carbocycles. The highest BCUT2D eigenvalue weighted by Gasteiger charge is 2.29. The molecular weight excluding hydrogens is 148 g/mol. The molecule has 0 amide bonds. The number of hydrogen-bond donors (Lipinski definition) is 0. The Kier molecular flexibility index (Phi) is 2.50. The summed E-state index contributed by atoms with van der Waals surface area (Å²) in [6.45, 7) is 5.14. The van der Waals surface area contributed by atoms with Crippen LogP contribution in [0.15, 0.2) is 12.2 Å². The van der Waals surface area contributed by atoms with E-state index < -0.39 is 0 Å². The van der Waals surface area contributed by atoms with Crippen molar-refractivity contribution in [3.63, 3.8) is 0 Å². The maximum Gasteiger partial charge on any atom is 0.0640 e. The Morgan fingerprint density at radius 1 is 1.17 bits per heavy atom. The van der Waals surface area contributed by atoms with Crippen molar-refractivity contribution in [3.05, 3.63) is 12.2 Å². The van der Waals surface area contributed by atoms with Crippen LogP contribution in [0.3, 0.4) is 0 Å². The molecule has 1 saturated heterocycles. The summed E-state index contributed by atoms with van der Waals surface area (Å²) in [5, 5.41) is 0. The monoisotopic (exact) mass is 166 g/mol. The summed E-state index contributed by atoms with van der Waals surface area (Å²) in [6, 6.07) is 0. The van der Waals surface area contributed by atoms with Crippen LogP contribution in [0.4, 0.5) is 0 Å². The quantitative estimate of drug-likeness (QED) is 0.503. The number of rotatable bonds is 0. The Labute approximate surface area is 74.8 Å². The van der Waals surface area contributed by atoms with Crippen LogP contribution in [0, 0.1) is 5.92 Å². The van der Waals surface area contributed by atoms with Gasteiger partial charge in [-0.3, -0.25) is 0 Å². The van der Waals surface area contributed by atoms with Gasteiger partial charge in [-0.25, -0.2) is 0 Å². The minimum atomic E-state index is 0.522. The second-order valence-corrected chi connectivity index (χ2v) is 4.06. The first-order valence-electron chi connectivity index (χ1n) is 5.17. The Hall–Kier alpha value is -0.300. The zero-order chi connectivity index (χ0) is 8.39. The maximum absolute atomic E-state index is 5.82. The summed E-state index contributed by atoms with van der Waals surface area (Å²) < 4.78 is 5.82. The van der Waals surface area contributed by atoms with Gasteiger partial charge in [0.05, 0.1) is 6.10 Å². The molecule has 1 aliphatic carbocycles. The summed E-state index contributed by atoms with van der Waals surface area (Å²) in [5.41, 5.74) is 1.46. The molecule has 1 heterocycles. The van der Waals surface area contributed by atoms with Crippen LogP contribution in [-0.2, 0) is 4.74 Å². The normalized spacial score (nSPS) is 37.2. The predicted octanol–water partition coefficient (Wildman–Crippen LogP) is 2.91. The molecular formula is C11H18O. The van der Waals surface area contributed by atoms with Gasteiger partial charge in [-0.1, -0.05) is 25.0 Å². The van der Waals surface area contributed by atoms with Gasteiger partial charge in [-0.05, 0) is 25.7 Å². The van der Waals surface area contributed by atoms with E-state index in [9.17, 15) is 0 Å². The first-order valence-corrected chi connectivity index (χ1v) is 5.17. The van der Waals surface area contributed by atoms with E-state index in [-0.39, 0.29) is 0 Å². The van der Waals surface area contributed by atoms with Crippen molar-refractivity contribution in [1.29, 1.82) is 0 Å². The summed E-state index contributed by atoms with van der Waals surface area (Å²) in [4.78, 5) is 0. The fraction of sp³-hybridized carbons (Fsp3) is 0.818. The van der Waals surface area contributed by atoms with Crippen LogP contribution in [0.2, 0.25) is 0 Å². The van der Waals surface area contributed by atoms with Gasteiger partial charge < -0.3 is 4.74 Å². The highest BCUT2D eigenvalue weighted by Crippen LogP contribution is 2.35. The second-order valence-electron chi connectivity index (χ2n) is 4.06. The zero-order valence-electron chi connectivity index (χ0n) is 7.72. The van der Waals surface area contributed by atoms with Crippen LogP contribution in [0.1, 0.15) is 38.5 Å². The minimum Gasteiger partial charge on any atom is -0.378 e. The van der Waals surface area contributed by atoms with Gasteiger partial charge in [0.1, 0.15) is 0 Å². The third-order valence-corrected chi connectivity index (χ3v) is 3.20. The topological polar surface area (TPSA) is 9.23 Å². The van der Waals surface area contributed by atoms with E-state index in [4.69, 9.17) is 4.74 Å². The first kappa shape index (κ1) is 8.31. The van der Waals surface area contributed by atoms with Gasteiger partial charge in [0.15, 0.2) is 0 Å². The van der Waals surface area contributed by atoms with E-state index in [0.717, 1.165) is 6.61 Å². The standard InChI is InChI=1S/C11H18O/c1-9-5-4-8-12-11-7-3-2-6-10(9)11/h10-11H,1-8H2/t10-,11+/m1/s1. The van der Waals surface area contributed by atoms with Crippen molar-refractivity contribution in [1.82, 2.24) is 0 Å². The molecule has 1 aliphatic heterocycles. The highest BCUT2D eigenvalue weighted by molar-refractivity contribution is 5.06. The average Bonchev–Trinajstić information content (AvgIpc) is 2.29. The summed E-state index contributed by atoms with van der Waals surface area (Å²) in [5.74, 6) is 0.696. The van der Waals surface area contributed by atoms with Gasteiger partial charge in [0.25, 0.3) is 0 Å². The molecule has 1 heteroatoms. The summed E-state index contributed by atoms with van der Waals surface area (Å²) in [7, 11) is 0. The molecule has 2 aliphatic rings. The molecule has 1 nitrogen and oxygen atoms in total. The van der Waals surface area contributed by atoms with Gasteiger partial charge in [-0.2, -0.15) is 0 Å². The van der Waals surface area contributed by atoms with Crippen LogP contribution < -0.4 is 0 Å². The van der Waals surface area contributed by atoms with Crippen molar-refractivity contribution in [2.45, 2.75) is 44.6 Å². The van der Waals surface area contributed by atoms with E-state index in [1.54, 1.807) is 0 Å². The lowest BCUT2D eigenvalue weighted by atomic mass is 9.81. The molecule has 0 radical (unpaired) electrons. The van der Waals surface area contributed by atoms with Crippen LogP contribution in [-0.4, -0.2) is 12.7 Å². The molecule has 0 unspecified atom stereocenters. The molecule has 0 N–H and O–H groups in total. The van der Waals surface area contributed by atoms with E-state index in [0.29, 0.717) is 12.0 Å². The fourth-order valence-corrected chi connectivity index (χ4v) is 2.48. The van der Waals surface area contributed by atoms with E-state index in [1.165, 1.54) is 44.1 Å². The second kappa shape index (κ2) is 3.61. The van der Waals surface area contributed by atoms with Gasteiger partial charge in [-0.15, -0.1) is 0 Å². The van der Waals surface area contributed by atoms with Gasteiger partial charge in [0, 0.05) is 12.5 Å². The molecule has 0 spiro atoms. The van der Waals surface area contributed by atoms with Crippen LogP contribution in [0.5, 0.6) is 0 Å². The molecule has 12 heavy (non-hydrogen) atoms. The number of hydrogen-bond acceptors (Lipinski definition) is 1. The van der Waals surface area contributed by atoms with Crippen molar-refractivity contribution in [2.75, 3.05) is 6.61 Å². The lowest BCUT2D eigenvalue weighted by Crippen LogP contribution is -2.27. The Morgan fingerprint density at radius 2 is 2.00 bits per heavy atom. The van der Waals surface area contributed by atoms with Gasteiger partial charge >= 0.3 is 0 Å². The first-order chi connectivity index (χ1) is 5.88. The van der Waals surface area contributed by atoms with E-state index in [2.05, 4.69) is 6.58 Å². The third-order valence-electron chi connectivity index (χ3n) is 3.20.